The van der Waals surface area contributed by atoms with Gasteiger partial charge in [-0.3, -0.25) is 19.3 Å². The Labute approximate surface area is 340 Å². The lowest BCUT2D eigenvalue weighted by atomic mass is 10.0. The zero-order valence-electron chi connectivity index (χ0n) is 33.9. The maximum absolute atomic E-state index is 14.1. The average molecular weight is 813 g/mol. The van der Waals surface area contributed by atoms with Crippen molar-refractivity contribution in [2.24, 2.45) is 7.05 Å². The van der Waals surface area contributed by atoms with Gasteiger partial charge < -0.3 is 24.8 Å². The molecule has 3 amide bonds. The predicted molar refractivity (Wildman–Crippen MR) is 216 cm³/mol. The number of piperazine rings is 1. The quantitative estimate of drug-likeness (QED) is 0.201. The predicted octanol–water partition coefficient (Wildman–Crippen LogP) is 5.76. The summed E-state index contributed by atoms with van der Waals surface area (Å²) in [5.74, 6) is 5.24. The lowest BCUT2D eigenvalue weighted by molar-refractivity contribution is -0.138. The molecule has 0 unspecified atom stereocenters. The second kappa shape index (κ2) is 17.4. The van der Waals surface area contributed by atoms with E-state index in [4.69, 9.17) is 4.74 Å². The van der Waals surface area contributed by atoms with Crippen LogP contribution in [-0.4, -0.2) is 105 Å². The summed E-state index contributed by atoms with van der Waals surface area (Å²) in [5.41, 5.74) is 2.08. The molecule has 6 rings (SSSR count). The number of imide groups is 1. The fourth-order valence-electron chi connectivity index (χ4n) is 6.86. The number of likely N-dealkylation sites (N-methyl/N-ethyl adjacent to an activating group) is 1. The van der Waals surface area contributed by atoms with Gasteiger partial charge in [-0.1, -0.05) is 30.0 Å². The molecule has 2 aromatic heterocycles. The summed E-state index contributed by atoms with van der Waals surface area (Å²) >= 11 is 0. The van der Waals surface area contributed by atoms with Crippen molar-refractivity contribution in [3.63, 3.8) is 0 Å². The molecule has 0 saturated carbocycles. The lowest BCUT2D eigenvalue weighted by Gasteiger charge is -2.33. The van der Waals surface area contributed by atoms with Crippen molar-refractivity contribution >= 4 is 35.3 Å². The molecule has 59 heavy (non-hydrogen) atoms. The van der Waals surface area contributed by atoms with Gasteiger partial charge >= 0.3 is 12.3 Å². The van der Waals surface area contributed by atoms with E-state index in [0.29, 0.717) is 58.8 Å². The molecule has 2 N–H and O–H groups in total. The van der Waals surface area contributed by atoms with Crippen molar-refractivity contribution in [3.8, 4) is 23.2 Å². The average Bonchev–Trinajstić information content (AvgIpc) is 3.50. The number of amides is 3. The SMILES string of the molecule is CC(=O)CNc1ncc(C#Cc2cccc(CC(=O)Nc3ccc(CN4CCN(C)CC4)c(C(F)(F)F)c3)c2)c(-c2cc3c(n2C)CCN(C(=O)OC(C)(C)C)C3=O)n1. The van der Waals surface area contributed by atoms with Crippen molar-refractivity contribution in [2.45, 2.75) is 58.9 Å². The van der Waals surface area contributed by atoms with Crippen LogP contribution in [-0.2, 0) is 46.9 Å². The van der Waals surface area contributed by atoms with E-state index < -0.39 is 35.2 Å². The Morgan fingerprint density at radius 1 is 0.949 bits per heavy atom. The maximum atomic E-state index is 14.1. The molecule has 0 bridgehead atoms. The molecule has 16 heteroatoms. The van der Waals surface area contributed by atoms with Gasteiger partial charge in [-0.05, 0) is 76.2 Å². The van der Waals surface area contributed by atoms with Crippen LogP contribution in [0.1, 0.15) is 71.6 Å². The van der Waals surface area contributed by atoms with E-state index in [0.717, 1.165) is 24.1 Å². The third kappa shape index (κ3) is 10.7. The highest BCUT2D eigenvalue weighted by Crippen LogP contribution is 2.35. The topological polar surface area (TPSA) is 142 Å². The molecular formula is C43H47F3N8O5. The Bertz CT molecular complexity index is 2330. The van der Waals surface area contributed by atoms with Gasteiger partial charge in [0.15, 0.2) is 0 Å². The van der Waals surface area contributed by atoms with Crippen LogP contribution in [0.4, 0.5) is 29.6 Å². The second-order valence-corrected chi connectivity index (χ2v) is 15.8. The lowest BCUT2D eigenvalue weighted by Crippen LogP contribution is -2.44. The first kappa shape index (κ1) is 42.6. The number of Topliss-reactive ketones (excluding diaryl/α,β-unsaturated/α-hetero) is 1. The number of aromatic nitrogens is 3. The number of ketones is 1. The van der Waals surface area contributed by atoms with Gasteiger partial charge in [-0.15, -0.1) is 0 Å². The van der Waals surface area contributed by atoms with Crippen LogP contribution >= 0.6 is 0 Å². The van der Waals surface area contributed by atoms with E-state index in [1.54, 1.807) is 58.2 Å². The van der Waals surface area contributed by atoms with Gasteiger partial charge in [0.1, 0.15) is 17.1 Å². The normalized spacial score (nSPS) is 14.9. The first-order chi connectivity index (χ1) is 27.8. The van der Waals surface area contributed by atoms with E-state index in [-0.39, 0.29) is 49.0 Å². The molecule has 0 radical (unpaired) electrons. The Morgan fingerprint density at radius 2 is 1.69 bits per heavy atom. The number of fused-ring (bicyclic) bond motifs is 1. The van der Waals surface area contributed by atoms with Crippen LogP contribution in [0.5, 0.6) is 0 Å². The van der Waals surface area contributed by atoms with Crippen LogP contribution in [0, 0.1) is 11.8 Å². The largest absolute Gasteiger partial charge is 0.443 e. The number of nitrogens with one attached hydrogen (secondary N) is 2. The first-order valence-corrected chi connectivity index (χ1v) is 19.2. The molecule has 1 fully saturated rings. The highest BCUT2D eigenvalue weighted by molar-refractivity contribution is 6.05. The highest BCUT2D eigenvalue weighted by Gasteiger charge is 2.36. The van der Waals surface area contributed by atoms with Crippen molar-refractivity contribution in [3.05, 3.63) is 93.8 Å². The van der Waals surface area contributed by atoms with Gasteiger partial charge in [0.05, 0.1) is 35.3 Å². The summed E-state index contributed by atoms with van der Waals surface area (Å²) in [6, 6.07) is 12.5. The van der Waals surface area contributed by atoms with E-state index in [1.165, 1.54) is 25.3 Å². The maximum Gasteiger partial charge on any atom is 0.417 e. The molecule has 1 saturated heterocycles. The van der Waals surface area contributed by atoms with Crippen LogP contribution in [0.2, 0.25) is 0 Å². The number of hydrogen-bond acceptors (Lipinski definition) is 10. The number of halogens is 3. The van der Waals surface area contributed by atoms with Crippen LogP contribution < -0.4 is 10.6 Å². The van der Waals surface area contributed by atoms with Crippen molar-refractivity contribution in [1.82, 2.24) is 29.2 Å². The van der Waals surface area contributed by atoms with Crippen LogP contribution in [0.3, 0.4) is 0 Å². The molecular weight excluding hydrogens is 766 g/mol. The summed E-state index contributed by atoms with van der Waals surface area (Å²) in [5, 5.41) is 5.52. The molecule has 4 heterocycles. The minimum Gasteiger partial charge on any atom is -0.443 e. The number of hydrogen-bond donors (Lipinski definition) is 2. The number of ether oxygens (including phenoxy) is 1. The molecule has 2 aromatic carbocycles. The van der Waals surface area contributed by atoms with Crippen LogP contribution in [0.15, 0.2) is 54.7 Å². The number of carbonyl (C=O) groups excluding carboxylic acids is 4. The summed E-state index contributed by atoms with van der Waals surface area (Å²) in [6.45, 7) is 9.79. The Kier molecular flexibility index (Phi) is 12.6. The molecule has 4 aromatic rings. The number of anilines is 2. The summed E-state index contributed by atoms with van der Waals surface area (Å²) < 4.78 is 49.7. The number of carbonyl (C=O) groups is 4. The third-order valence-corrected chi connectivity index (χ3v) is 9.87. The second-order valence-electron chi connectivity index (χ2n) is 15.8. The van der Waals surface area contributed by atoms with Gasteiger partial charge in [-0.25, -0.2) is 19.7 Å². The van der Waals surface area contributed by atoms with Gasteiger partial charge in [0.2, 0.25) is 11.9 Å². The number of benzene rings is 2. The van der Waals surface area contributed by atoms with E-state index in [1.807, 2.05) is 16.5 Å². The molecule has 0 atom stereocenters. The third-order valence-electron chi connectivity index (χ3n) is 9.87. The van der Waals surface area contributed by atoms with Gasteiger partial charge in [0.25, 0.3) is 5.91 Å². The van der Waals surface area contributed by atoms with Gasteiger partial charge in [-0.2, -0.15) is 13.2 Å². The number of rotatable bonds is 9. The summed E-state index contributed by atoms with van der Waals surface area (Å²) in [7, 11) is 3.77. The Hall–Kier alpha value is -6.05. The molecule has 0 aliphatic carbocycles. The van der Waals surface area contributed by atoms with E-state index in [9.17, 15) is 32.3 Å². The van der Waals surface area contributed by atoms with Gasteiger partial charge in [0, 0.05) is 75.9 Å². The molecule has 2 aliphatic heterocycles. The molecule has 0 spiro atoms. The summed E-state index contributed by atoms with van der Waals surface area (Å²) in [6.07, 6.45) is -3.56. The fourth-order valence-corrected chi connectivity index (χ4v) is 6.86. The minimum atomic E-state index is -4.59. The monoisotopic (exact) mass is 812 g/mol. The first-order valence-electron chi connectivity index (χ1n) is 19.2. The zero-order chi connectivity index (χ0) is 42.6. The minimum absolute atomic E-state index is 0.0104. The number of alkyl halides is 3. The van der Waals surface area contributed by atoms with Crippen molar-refractivity contribution in [2.75, 3.05) is 56.9 Å². The number of nitrogens with zero attached hydrogens (tertiary/aromatic N) is 6. The molecule has 2 aliphatic rings. The highest BCUT2D eigenvalue weighted by atomic mass is 19.4. The molecule has 310 valence electrons. The zero-order valence-corrected chi connectivity index (χ0v) is 33.9. The fraction of sp³-hybridized carbons (Fsp3) is 0.395. The van der Waals surface area contributed by atoms with Crippen molar-refractivity contribution < 1.29 is 37.1 Å². The summed E-state index contributed by atoms with van der Waals surface area (Å²) in [4.78, 5) is 65.5. The smallest absolute Gasteiger partial charge is 0.417 e. The van der Waals surface area contributed by atoms with Crippen LogP contribution in [0.25, 0.3) is 11.4 Å². The van der Waals surface area contributed by atoms with Crippen molar-refractivity contribution in [1.29, 1.82) is 0 Å². The Balaban J connectivity index is 1.22. The Morgan fingerprint density at radius 3 is 2.39 bits per heavy atom. The van der Waals surface area contributed by atoms with E-state index in [2.05, 4.69) is 37.3 Å². The molecule has 13 nitrogen and oxygen atoms in total. The van der Waals surface area contributed by atoms with E-state index >= 15 is 0 Å². The standard InChI is InChI=1S/C43H47F3N8O5/c1-27(55)24-47-40-48-25-30(38(50-40)36-23-33-35(52(36)6)14-15-54(39(33)57)41(58)59-42(2,3)4)11-10-28-8-7-9-29(20-28)21-37(56)49-32-13-12-31(34(22-32)43(44,45)46)26-53-18-16-51(5)17-19-53/h7-9,12-13,20,22-23,25H,14-19,21,24,26H2,1-6H3,(H,49,56)(H,47,48,50).